The summed E-state index contributed by atoms with van der Waals surface area (Å²) < 4.78 is 32.2. The normalized spacial score (nSPS) is 11.4. The monoisotopic (exact) mass is 529 g/mol. The Morgan fingerprint density at radius 3 is 2.69 bits per heavy atom. The Morgan fingerprint density at radius 2 is 1.96 bits per heavy atom. The molecule has 0 spiro atoms. The van der Waals surface area contributed by atoms with Crippen molar-refractivity contribution in [3.63, 3.8) is 0 Å². The molecule has 0 aliphatic heterocycles. The summed E-state index contributed by atoms with van der Waals surface area (Å²) >= 11 is 5.31. The van der Waals surface area contributed by atoms with Crippen LogP contribution in [0, 0.1) is 9.39 Å². The van der Waals surface area contributed by atoms with Crippen LogP contribution in [0.1, 0.15) is 5.56 Å². The number of hydrogen-bond donors (Lipinski definition) is 0. The van der Waals surface area contributed by atoms with Gasteiger partial charge in [0, 0.05) is 24.0 Å². The number of benzene rings is 1. The summed E-state index contributed by atoms with van der Waals surface area (Å²) in [6, 6.07) is 4.82. The topological polar surface area (TPSA) is 48.5 Å². The molecule has 0 saturated heterocycles. The molecule has 0 aliphatic rings. The summed E-state index contributed by atoms with van der Waals surface area (Å²) in [6.07, 6.45) is 6.77. The Morgan fingerprint density at radius 1 is 1.12 bits per heavy atom. The van der Waals surface area contributed by atoms with E-state index in [9.17, 15) is 8.78 Å². The Hall–Kier alpha value is -1.88. The van der Waals surface area contributed by atoms with Gasteiger partial charge in [-0.3, -0.25) is 9.55 Å². The number of hydrogen-bond acceptors (Lipinski definition) is 3. The van der Waals surface area contributed by atoms with Gasteiger partial charge in [0.1, 0.15) is 16.2 Å². The molecule has 0 unspecified atom stereocenters. The summed E-state index contributed by atoms with van der Waals surface area (Å²) in [6.45, 7) is -0.200. The number of rotatable bonds is 4. The first-order valence-corrected chi connectivity index (χ1v) is 9.45. The van der Waals surface area contributed by atoms with Crippen LogP contribution in [0.15, 0.2) is 47.7 Å². The van der Waals surface area contributed by atoms with E-state index in [-0.39, 0.29) is 5.82 Å². The lowest BCUT2D eigenvalue weighted by atomic mass is 10.2. The fraction of sp³-hybridized carbons (Fsp3) is 0.118. The standard InChI is InChI=1S/C17H11BrF2IN5/c18-16-6-23-9-25(16)7-10-1-11(5-22-4-10)17-24-14-2-12(20)13(21)3-15(14)26(17)8-19/h1-6,9H,7-8H2. The number of halogens is 4. The molecule has 3 aromatic heterocycles. The molecule has 0 N–H and O–H groups in total. The summed E-state index contributed by atoms with van der Waals surface area (Å²) in [5, 5.41) is 0. The molecule has 0 bridgehead atoms. The smallest absolute Gasteiger partial charge is 0.167 e. The predicted octanol–water partition coefficient (Wildman–Crippen LogP) is 4.78. The molecule has 0 aliphatic carbocycles. The van der Waals surface area contributed by atoms with Crippen LogP contribution in [-0.2, 0) is 13.3 Å². The van der Waals surface area contributed by atoms with Crippen molar-refractivity contribution in [1.82, 2.24) is 24.1 Å². The van der Waals surface area contributed by atoms with Crippen molar-refractivity contribution in [3.8, 4) is 11.4 Å². The predicted molar refractivity (Wildman–Crippen MR) is 106 cm³/mol. The third-order valence-corrected chi connectivity index (χ3v) is 5.46. The van der Waals surface area contributed by atoms with Gasteiger partial charge in [-0.25, -0.2) is 18.7 Å². The second kappa shape index (κ2) is 7.03. The highest BCUT2D eigenvalue weighted by Crippen LogP contribution is 2.28. The first-order valence-electron chi connectivity index (χ1n) is 7.58. The molecule has 1 aromatic carbocycles. The van der Waals surface area contributed by atoms with Gasteiger partial charge < -0.3 is 4.57 Å². The minimum Gasteiger partial charge on any atom is -0.321 e. The largest absolute Gasteiger partial charge is 0.321 e. The minimum atomic E-state index is -0.759. The Balaban J connectivity index is 1.80. The van der Waals surface area contributed by atoms with Crippen LogP contribution in [0.4, 0.5) is 8.78 Å². The maximum absolute atomic E-state index is 13.8. The van der Waals surface area contributed by atoms with Crippen LogP contribution in [0.2, 0.25) is 0 Å². The van der Waals surface area contributed by atoms with E-state index >= 15 is 0 Å². The number of alkyl halides is 1. The molecule has 0 atom stereocenters. The van der Waals surface area contributed by atoms with Gasteiger partial charge in [0.2, 0.25) is 0 Å². The van der Waals surface area contributed by atoms with Gasteiger partial charge in [-0.05, 0) is 56.2 Å². The molecule has 3 heterocycles. The van der Waals surface area contributed by atoms with Gasteiger partial charge in [0.15, 0.2) is 6.80 Å². The molecular weight excluding hydrogens is 519 g/mol. The van der Waals surface area contributed by atoms with E-state index in [1.54, 1.807) is 31.0 Å². The third-order valence-electron chi connectivity index (χ3n) is 3.98. The van der Waals surface area contributed by atoms with Crippen LogP contribution >= 0.6 is 38.5 Å². The zero-order chi connectivity index (χ0) is 18.3. The van der Waals surface area contributed by atoms with Crippen LogP contribution in [0.3, 0.4) is 0 Å². The Labute approximate surface area is 169 Å². The van der Waals surface area contributed by atoms with Gasteiger partial charge in [0.25, 0.3) is 0 Å². The van der Waals surface area contributed by atoms with Gasteiger partial charge in [-0.2, -0.15) is 0 Å². The third kappa shape index (κ3) is 3.13. The molecule has 26 heavy (non-hydrogen) atoms. The molecule has 0 radical (unpaired) electrons. The Kier molecular flexibility index (Phi) is 4.74. The molecule has 0 amide bonds. The van der Waals surface area contributed by atoms with E-state index in [0.29, 0.717) is 32.5 Å². The lowest BCUT2D eigenvalue weighted by Crippen LogP contribution is -2.01. The quantitative estimate of drug-likeness (QED) is 0.358. The van der Waals surface area contributed by atoms with Crippen molar-refractivity contribution in [2.75, 3.05) is 0 Å². The highest BCUT2D eigenvalue weighted by molar-refractivity contribution is 14.1. The maximum Gasteiger partial charge on any atom is 0.167 e. The SMILES string of the molecule is FCn1c(-c2cncc(Cn3cncc3Br)c2)nc2cc(F)c(I)cc21. The summed E-state index contributed by atoms with van der Waals surface area (Å²) in [7, 11) is 0. The highest BCUT2D eigenvalue weighted by Gasteiger charge is 2.15. The summed E-state index contributed by atoms with van der Waals surface area (Å²) in [4.78, 5) is 12.7. The highest BCUT2D eigenvalue weighted by atomic mass is 127. The van der Waals surface area contributed by atoms with Crippen LogP contribution in [0.25, 0.3) is 22.4 Å². The van der Waals surface area contributed by atoms with Crippen molar-refractivity contribution < 1.29 is 8.78 Å². The van der Waals surface area contributed by atoms with Crippen molar-refractivity contribution in [3.05, 3.63) is 62.7 Å². The molecular formula is C17H11BrF2IN5. The second-order valence-corrected chi connectivity index (χ2v) is 7.64. The van der Waals surface area contributed by atoms with Gasteiger partial charge in [0.05, 0.1) is 33.7 Å². The molecule has 5 nitrogen and oxygen atoms in total. The molecule has 4 aromatic rings. The molecule has 4 rings (SSSR count). The average Bonchev–Trinajstić information content (AvgIpc) is 3.19. The van der Waals surface area contributed by atoms with E-state index in [2.05, 4.69) is 30.9 Å². The zero-order valence-corrected chi connectivity index (χ0v) is 16.9. The van der Waals surface area contributed by atoms with Crippen molar-refractivity contribution >= 4 is 49.6 Å². The lowest BCUT2D eigenvalue weighted by molar-refractivity contribution is 0.387. The van der Waals surface area contributed by atoms with Crippen LogP contribution in [-0.4, -0.2) is 24.1 Å². The zero-order valence-electron chi connectivity index (χ0n) is 13.2. The fourth-order valence-corrected chi connectivity index (χ4v) is 3.56. The van der Waals surface area contributed by atoms with E-state index in [1.807, 2.05) is 33.2 Å². The van der Waals surface area contributed by atoms with Crippen molar-refractivity contribution in [1.29, 1.82) is 0 Å². The number of nitrogens with zero attached hydrogens (tertiary/aromatic N) is 5. The molecule has 0 fully saturated rings. The number of pyridine rings is 1. The van der Waals surface area contributed by atoms with Crippen LogP contribution < -0.4 is 0 Å². The fourth-order valence-electron chi connectivity index (χ4n) is 2.78. The first-order chi connectivity index (χ1) is 12.6. The van der Waals surface area contributed by atoms with Gasteiger partial charge in [-0.1, -0.05) is 0 Å². The second-order valence-electron chi connectivity index (χ2n) is 5.66. The molecule has 0 saturated carbocycles. The maximum atomic E-state index is 13.8. The van der Waals surface area contributed by atoms with Gasteiger partial charge >= 0.3 is 0 Å². The lowest BCUT2D eigenvalue weighted by Gasteiger charge is -2.08. The summed E-state index contributed by atoms with van der Waals surface area (Å²) in [5.41, 5.74) is 2.55. The van der Waals surface area contributed by atoms with Crippen LogP contribution in [0.5, 0.6) is 0 Å². The van der Waals surface area contributed by atoms with E-state index in [4.69, 9.17) is 0 Å². The van der Waals surface area contributed by atoms with E-state index in [1.165, 1.54) is 10.6 Å². The first kappa shape index (κ1) is 17.5. The van der Waals surface area contributed by atoms with E-state index in [0.717, 1.165) is 10.2 Å². The number of imidazole rings is 2. The number of aromatic nitrogens is 5. The number of fused-ring (bicyclic) bond motifs is 1. The van der Waals surface area contributed by atoms with Crippen molar-refractivity contribution in [2.24, 2.45) is 0 Å². The summed E-state index contributed by atoms with van der Waals surface area (Å²) in [5.74, 6) is 0.0490. The van der Waals surface area contributed by atoms with Crippen molar-refractivity contribution in [2.45, 2.75) is 13.3 Å². The molecule has 132 valence electrons. The van der Waals surface area contributed by atoms with Gasteiger partial charge in [-0.15, -0.1) is 0 Å². The Bertz CT molecular complexity index is 1110. The molecule has 9 heteroatoms. The average molecular weight is 530 g/mol. The minimum absolute atomic E-state index is 0.370. The van der Waals surface area contributed by atoms with E-state index < -0.39 is 6.80 Å².